The number of hydrogen-bond donors (Lipinski definition) is 1. The van der Waals surface area contributed by atoms with Crippen molar-refractivity contribution in [1.29, 1.82) is 0 Å². The summed E-state index contributed by atoms with van der Waals surface area (Å²) < 4.78 is 0. The maximum absolute atomic E-state index is 3.48. The van der Waals surface area contributed by atoms with Crippen molar-refractivity contribution in [3.05, 3.63) is 35.4 Å². The Morgan fingerprint density at radius 2 is 1.70 bits per heavy atom. The minimum absolute atomic E-state index is 0.311. The first-order valence-corrected chi connectivity index (χ1v) is 7.71. The van der Waals surface area contributed by atoms with Crippen molar-refractivity contribution < 1.29 is 0 Å². The summed E-state index contributed by atoms with van der Waals surface area (Å²) >= 11 is 0. The zero-order valence-electron chi connectivity index (χ0n) is 14.3. The molecule has 0 bridgehead atoms. The third-order valence-corrected chi connectivity index (χ3v) is 4.05. The summed E-state index contributed by atoms with van der Waals surface area (Å²) in [5.74, 6) is 0. The van der Waals surface area contributed by atoms with E-state index >= 15 is 0 Å². The molecule has 1 N–H and O–H groups in total. The van der Waals surface area contributed by atoms with Crippen LogP contribution in [0.3, 0.4) is 0 Å². The van der Waals surface area contributed by atoms with Gasteiger partial charge in [-0.3, -0.25) is 4.90 Å². The lowest BCUT2D eigenvalue weighted by atomic mass is 9.87. The van der Waals surface area contributed by atoms with Gasteiger partial charge in [0, 0.05) is 25.2 Å². The van der Waals surface area contributed by atoms with Crippen molar-refractivity contribution in [3.63, 3.8) is 0 Å². The first kappa shape index (κ1) is 17.2. The van der Waals surface area contributed by atoms with Crippen LogP contribution in [-0.2, 0) is 13.1 Å². The fourth-order valence-electron chi connectivity index (χ4n) is 2.25. The lowest BCUT2D eigenvalue weighted by Gasteiger charge is -2.35. The molecule has 0 saturated carbocycles. The number of nitrogens with one attached hydrogen (secondary N) is 1. The number of benzene rings is 1. The molecule has 0 radical (unpaired) electrons. The quantitative estimate of drug-likeness (QED) is 0.843. The van der Waals surface area contributed by atoms with Crippen LogP contribution in [0.4, 0.5) is 0 Å². The molecule has 2 heteroatoms. The number of nitrogens with zero attached hydrogens (tertiary/aromatic N) is 1. The summed E-state index contributed by atoms with van der Waals surface area (Å²) in [6, 6.07) is 10.0. The minimum Gasteiger partial charge on any atom is -0.310 e. The second kappa shape index (κ2) is 7.24. The van der Waals surface area contributed by atoms with E-state index in [0.717, 1.165) is 13.1 Å². The molecule has 0 aliphatic rings. The Kier molecular flexibility index (Phi) is 6.22. The molecule has 1 unspecified atom stereocenters. The van der Waals surface area contributed by atoms with Gasteiger partial charge in [-0.05, 0) is 30.5 Å². The van der Waals surface area contributed by atoms with Crippen LogP contribution in [0.5, 0.6) is 0 Å². The fraction of sp³-hybridized carbons (Fsp3) is 0.667. The van der Waals surface area contributed by atoms with E-state index in [2.05, 4.69) is 83.1 Å². The Morgan fingerprint density at radius 3 is 2.25 bits per heavy atom. The molecule has 0 heterocycles. The van der Waals surface area contributed by atoms with Gasteiger partial charge in [0.05, 0.1) is 0 Å². The van der Waals surface area contributed by atoms with Gasteiger partial charge < -0.3 is 5.32 Å². The van der Waals surface area contributed by atoms with Gasteiger partial charge in [0.25, 0.3) is 0 Å². The summed E-state index contributed by atoms with van der Waals surface area (Å²) in [6.45, 7) is 15.5. The monoisotopic (exact) mass is 276 g/mol. The molecule has 1 atom stereocenters. The van der Waals surface area contributed by atoms with Gasteiger partial charge in [0.1, 0.15) is 0 Å². The van der Waals surface area contributed by atoms with Crippen molar-refractivity contribution in [1.82, 2.24) is 10.2 Å². The Labute approximate surface area is 125 Å². The highest BCUT2D eigenvalue weighted by molar-refractivity contribution is 5.23. The van der Waals surface area contributed by atoms with Crippen LogP contribution in [0.15, 0.2) is 24.3 Å². The van der Waals surface area contributed by atoms with E-state index in [-0.39, 0.29) is 0 Å². The van der Waals surface area contributed by atoms with Crippen LogP contribution >= 0.6 is 0 Å². The molecular formula is C18H32N2. The Bertz CT molecular complexity index is 404. The van der Waals surface area contributed by atoms with E-state index in [4.69, 9.17) is 0 Å². The summed E-state index contributed by atoms with van der Waals surface area (Å²) in [5.41, 5.74) is 3.07. The highest BCUT2D eigenvalue weighted by Gasteiger charge is 2.23. The Hall–Kier alpha value is -0.860. The lowest BCUT2D eigenvalue weighted by Crippen LogP contribution is -2.38. The van der Waals surface area contributed by atoms with Gasteiger partial charge in [-0.1, -0.05) is 58.9 Å². The summed E-state index contributed by atoms with van der Waals surface area (Å²) in [4.78, 5) is 2.44. The molecule has 0 saturated heterocycles. The lowest BCUT2D eigenvalue weighted by molar-refractivity contribution is 0.134. The molecule has 0 fully saturated rings. The molecule has 0 aliphatic carbocycles. The molecule has 0 spiro atoms. The topological polar surface area (TPSA) is 15.3 Å². The van der Waals surface area contributed by atoms with Crippen LogP contribution in [0.2, 0.25) is 0 Å². The van der Waals surface area contributed by atoms with Crippen LogP contribution in [0, 0.1) is 5.41 Å². The van der Waals surface area contributed by atoms with Crippen LogP contribution in [0.1, 0.15) is 52.7 Å². The van der Waals surface area contributed by atoms with Crippen molar-refractivity contribution in [2.75, 3.05) is 7.05 Å². The van der Waals surface area contributed by atoms with Crippen molar-refractivity contribution in [3.8, 4) is 0 Å². The minimum atomic E-state index is 0.311. The third-order valence-electron chi connectivity index (χ3n) is 4.05. The average molecular weight is 276 g/mol. The second-order valence-corrected chi connectivity index (χ2v) is 7.31. The van der Waals surface area contributed by atoms with E-state index in [1.807, 2.05) is 0 Å². The largest absolute Gasteiger partial charge is 0.310 e. The molecule has 2 nitrogen and oxygen atoms in total. The molecule has 114 valence electrons. The second-order valence-electron chi connectivity index (χ2n) is 7.31. The molecule has 1 aromatic carbocycles. The highest BCUT2D eigenvalue weighted by Crippen LogP contribution is 2.24. The Balaban J connectivity index is 2.66. The van der Waals surface area contributed by atoms with Crippen LogP contribution < -0.4 is 5.32 Å². The first-order chi connectivity index (χ1) is 9.20. The summed E-state index contributed by atoms with van der Waals surface area (Å²) in [5, 5.41) is 3.48. The van der Waals surface area contributed by atoms with E-state index in [1.54, 1.807) is 0 Å². The normalized spacial score (nSPS) is 14.1. The van der Waals surface area contributed by atoms with Crippen molar-refractivity contribution in [2.45, 2.75) is 66.7 Å². The third kappa shape index (κ3) is 5.64. The standard InChI is InChI=1S/C18H32N2/c1-14(2)19-12-16-9-8-10-17(11-16)13-20(7)15(3)18(4,5)6/h8-11,14-15,19H,12-13H2,1-7H3. The van der Waals surface area contributed by atoms with Crippen molar-refractivity contribution in [2.24, 2.45) is 5.41 Å². The van der Waals surface area contributed by atoms with Gasteiger partial charge >= 0.3 is 0 Å². The summed E-state index contributed by atoms with van der Waals surface area (Å²) in [6.07, 6.45) is 0. The maximum atomic E-state index is 3.48. The molecule has 0 aromatic heterocycles. The zero-order valence-corrected chi connectivity index (χ0v) is 14.3. The van der Waals surface area contributed by atoms with Crippen LogP contribution in [0.25, 0.3) is 0 Å². The molecule has 1 rings (SSSR count). The SMILES string of the molecule is CC(C)NCc1cccc(CN(C)C(C)C(C)(C)C)c1. The van der Waals surface area contributed by atoms with Gasteiger partial charge in [-0.25, -0.2) is 0 Å². The fourth-order valence-corrected chi connectivity index (χ4v) is 2.25. The highest BCUT2D eigenvalue weighted by atomic mass is 15.1. The summed E-state index contributed by atoms with van der Waals surface area (Å²) in [7, 11) is 2.22. The number of hydrogen-bond acceptors (Lipinski definition) is 2. The smallest absolute Gasteiger partial charge is 0.0233 e. The molecule has 0 amide bonds. The first-order valence-electron chi connectivity index (χ1n) is 7.71. The molecule has 1 aromatic rings. The van der Waals surface area contributed by atoms with E-state index < -0.39 is 0 Å². The van der Waals surface area contributed by atoms with Crippen LogP contribution in [-0.4, -0.2) is 24.0 Å². The van der Waals surface area contributed by atoms with Gasteiger partial charge in [-0.15, -0.1) is 0 Å². The number of rotatable bonds is 6. The predicted molar refractivity (Wildman–Crippen MR) is 88.8 cm³/mol. The molecular weight excluding hydrogens is 244 g/mol. The van der Waals surface area contributed by atoms with Gasteiger partial charge in [0.2, 0.25) is 0 Å². The van der Waals surface area contributed by atoms with Crippen molar-refractivity contribution >= 4 is 0 Å². The van der Waals surface area contributed by atoms with Gasteiger partial charge in [0.15, 0.2) is 0 Å². The molecule has 0 aliphatic heterocycles. The maximum Gasteiger partial charge on any atom is 0.0233 e. The zero-order chi connectivity index (χ0) is 15.3. The van der Waals surface area contributed by atoms with Gasteiger partial charge in [-0.2, -0.15) is 0 Å². The predicted octanol–water partition coefficient (Wildman–Crippen LogP) is 4.05. The Morgan fingerprint density at radius 1 is 1.10 bits per heavy atom. The average Bonchev–Trinajstić information content (AvgIpc) is 2.34. The van der Waals surface area contributed by atoms with E-state index in [1.165, 1.54) is 11.1 Å². The van der Waals surface area contributed by atoms with E-state index in [0.29, 0.717) is 17.5 Å². The van der Waals surface area contributed by atoms with E-state index in [9.17, 15) is 0 Å². The molecule has 20 heavy (non-hydrogen) atoms.